The van der Waals surface area contributed by atoms with Crippen LogP contribution in [-0.4, -0.2) is 39.2 Å². The van der Waals surface area contributed by atoms with E-state index >= 15 is 0 Å². The summed E-state index contributed by atoms with van der Waals surface area (Å²) in [7, 11) is 1.70. The van der Waals surface area contributed by atoms with Crippen LogP contribution in [0.5, 0.6) is 0 Å². The van der Waals surface area contributed by atoms with Gasteiger partial charge in [0.2, 0.25) is 11.7 Å². The molecule has 7 heteroatoms. The second-order valence-corrected chi connectivity index (χ2v) is 4.31. The van der Waals surface area contributed by atoms with Crippen LogP contribution in [0.25, 0.3) is 11.4 Å². The molecule has 20 heavy (non-hydrogen) atoms. The van der Waals surface area contributed by atoms with Crippen LogP contribution in [0.15, 0.2) is 34.9 Å². The van der Waals surface area contributed by atoms with Crippen LogP contribution in [0, 0.1) is 0 Å². The Hall–Kier alpha value is -1.92. The van der Waals surface area contributed by atoms with E-state index in [2.05, 4.69) is 10.1 Å². The van der Waals surface area contributed by atoms with Crippen molar-refractivity contribution in [1.29, 1.82) is 0 Å². The molecule has 0 spiro atoms. The van der Waals surface area contributed by atoms with Crippen molar-refractivity contribution < 1.29 is 14.4 Å². The number of hydrogen-bond donors (Lipinski definition) is 1. The minimum absolute atomic E-state index is 0. The van der Waals surface area contributed by atoms with E-state index in [1.165, 1.54) is 0 Å². The average molecular weight is 298 g/mol. The molecule has 0 saturated heterocycles. The van der Waals surface area contributed by atoms with Gasteiger partial charge in [0.25, 0.3) is 0 Å². The molecular formula is C13H16ClN3O3. The lowest BCUT2D eigenvalue weighted by Crippen LogP contribution is -2.35. The van der Waals surface area contributed by atoms with Crippen molar-refractivity contribution in [3.63, 3.8) is 0 Å². The fourth-order valence-corrected chi connectivity index (χ4v) is 1.56. The molecule has 0 radical (unpaired) electrons. The lowest BCUT2D eigenvalue weighted by molar-refractivity contribution is -0.142. The fourth-order valence-electron chi connectivity index (χ4n) is 1.56. The van der Waals surface area contributed by atoms with Crippen molar-refractivity contribution in [2.45, 2.75) is 19.5 Å². The summed E-state index contributed by atoms with van der Waals surface area (Å²) in [5.41, 5.74) is 0.867. The van der Waals surface area contributed by atoms with E-state index in [9.17, 15) is 4.79 Å². The minimum atomic E-state index is -0.884. The van der Waals surface area contributed by atoms with Gasteiger partial charge in [-0.1, -0.05) is 35.5 Å². The molecular weight excluding hydrogens is 282 g/mol. The number of carbonyl (C=O) groups is 1. The molecule has 1 N–H and O–H groups in total. The van der Waals surface area contributed by atoms with Gasteiger partial charge >= 0.3 is 5.97 Å². The molecule has 2 rings (SSSR count). The van der Waals surface area contributed by atoms with Crippen LogP contribution < -0.4 is 0 Å². The van der Waals surface area contributed by atoms with Gasteiger partial charge in [-0.05, 0) is 14.0 Å². The zero-order valence-electron chi connectivity index (χ0n) is 11.2. The van der Waals surface area contributed by atoms with Crippen molar-refractivity contribution in [1.82, 2.24) is 15.0 Å². The normalized spacial score (nSPS) is 11.9. The highest BCUT2D eigenvalue weighted by Crippen LogP contribution is 2.15. The quantitative estimate of drug-likeness (QED) is 0.910. The number of hydrogen-bond acceptors (Lipinski definition) is 5. The summed E-state index contributed by atoms with van der Waals surface area (Å²) in [5, 5.41) is 12.8. The monoisotopic (exact) mass is 297 g/mol. The zero-order valence-corrected chi connectivity index (χ0v) is 12.0. The summed E-state index contributed by atoms with van der Waals surface area (Å²) >= 11 is 0. The third kappa shape index (κ3) is 3.79. The summed E-state index contributed by atoms with van der Waals surface area (Å²) < 4.78 is 5.12. The first kappa shape index (κ1) is 16.1. The third-order valence-electron chi connectivity index (χ3n) is 2.90. The lowest BCUT2D eigenvalue weighted by Gasteiger charge is -2.18. The molecule has 108 valence electrons. The predicted octanol–water partition coefficient (Wildman–Crippen LogP) is 2.06. The number of aliphatic carboxylic acids is 1. The van der Waals surface area contributed by atoms with Gasteiger partial charge in [-0.25, -0.2) is 0 Å². The van der Waals surface area contributed by atoms with E-state index in [0.717, 1.165) is 5.56 Å². The number of carboxylic acids is 1. The van der Waals surface area contributed by atoms with Crippen LogP contribution in [0.4, 0.5) is 0 Å². The molecule has 6 nitrogen and oxygen atoms in total. The van der Waals surface area contributed by atoms with Crippen molar-refractivity contribution in [3.05, 3.63) is 36.2 Å². The van der Waals surface area contributed by atoms with Crippen molar-refractivity contribution in [2.24, 2.45) is 0 Å². The van der Waals surface area contributed by atoms with Crippen LogP contribution in [0.1, 0.15) is 12.8 Å². The number of halogens is 1. The predicted molar refractivity (Wildman–Crippen MR) is 75.5 cm³/mol. The highest BCUT2D eigenvalue weighted by atomic mass is 35.5. The summed E-state index contributed by atoms with van der Waals surface area (Å²) in [4.78, 5) is 16.7. The van der Waals surface area contributed by atoms with E-state index < -0.39 is 12.0 Å². The molecule has 1 heterocycles. The average Bonchev–Trinajstić information content (AvgIpc) is 2.87. The second-order valence-electron chi connectivity index (χ2n) is 4.31. The van der Waals surface area contributed by atoms with E-state index in [4.69, 9.17) is 9.63 Å². The molecule has 0 aliphatic heterocycles. The maximum Gasteiger partial charge on any atom is 0.320 e. The molecule has 1 unspecified atom stereocenters. The van der Waals surface area contributed by atoms with E-state index in [0.29, 0.717) is 18.3 Å². The van der Waals surface area contributed by atoms with Crippen LogP contribution in [0.3, 0.4) is 0 Å². The van der Waals surface area contributed by atoms with E-state index in [1.807, 2.05) is 30.3 Å². The van der Waals surface area contributed by atoms with Crippen molar-refractivity contribution in [3.8, 4) is 11.4 Å². The van der Waals surface area contributed by atoms with Gasteiger partial charge in [-0.3, -0.25) is 9.69 Å². The van der Waals surface area contributed by atoms with E-state index in [1.54, 1.807) is 18.9 Å². The van der Waals surface area contributed by atoms with Gasteiger partial charge in [0.1, 0.15) is 6.04 Å². The first-order valence-electron chi connectivity index (χ1n) is 5.89. The largest absolute Gasteiger partial charge is 0.480 e. The Labute approximate surface area is 122 Å². The summed E-state index contributed by atoms with van der Waals surface area (Å²) in [5.74, 6) is 0.0201. The minimum Gasteiger partial charge on any atom is -0.480 e. The molecule has 1 atom stereocenters. The van der Waals surface area contributed by atoms with Gasteiger partial charge in [-0.2, -0.15) is 4.98 Å². The lowest BCUT2D eigenvalue weighted by atomic mass is 10.2. The number of rotatable bonds is 5. The molecule has 2 aromatic rings. The first-order chi connectivity index (χ1) is 9.08. The fraction of sp³-hybridized carbons (Fsp3) is 0.308. The highest BCUT2D eigenvalue weighted by Gasteiger charge is 2.19. The third-order valence-corrected chi connectivity index (χ3v) is 2.90. The standard InChI is InChI=1S/C13H15N3O3.ClH/c1-9(13(17)18)16(2)8-11-14-12(15-19-11)10-6-4-3-5-7-10;/h3-7,9H,8H2,1-2H3,(H,17,18);1H. The molecule has 0 amide bonds. The molecule has 0 aliphatic rings. The molecule has 0 bridgehead atoms. The number of aromatic nitrogens is 2. The van der Waals surface area contributed by atoms with Crippen LogP contribution in [0.2, 0.25) is 0 Å². The van der Waals surface area contributed by atoms with Gasteiger partial charge in [0, 0.05) is 5.56 Å². The summed E-state index contributed by atoms with van der Waals surface area (Å²) in [6, 6.07) is 8.86. The highest BCUT2D eigenvalue weighted by molar-refractivity contribution is 5.85. The molecule has 1 aromatic heterocycles. The maximum atomic E-state index is 10.8. The zero-order chi connectivity index (χ0) is 13.8. The Morgan fingerprint density at radius 2 is 2.05 bits per heavy atom. The van der Waals surface area contributed by atoms with E-state index in [-0.39, 0.29) is 12.4 Å². The van der Waals surface area contributed by atoms with Crippen molar-refractivity contribution >= 4 is 18.4 Å². The Morgan fingerprint density at radius 1 is 1.40 bits per heavy atom. The maximum absolute atomic E-state index is 10.8. The van der Waals surface area contributed by atoms with Crippen molar-refractivity contribution in [2.75, 3.05) is 7.05 Å². The SMILES string of the molecule is CC(C(=O)O)N(C)Cc1nc(-c2ccccc2)no1.Cl. The Morgan fingerprint density at radius 3 is 2.65 bits per heavy atom. The number of carboxylic acid groups (broad SMARTS) is 1. The Kier molecular flexibility index (Phi) is 5.66. The summed E-state index contributed by atoms with van der Waals surface area (Å²) in [6.07, 6.45) is 0. The number of likely N-dealkylation sites (N-methyl/N-ethyl adjacent to an activating group) is 1. The molecule has 0 saturated carbocycles. The Bertz CT molecular complexity index is 559. The van der Waals surface area contributed by atoms with Crippen LogP contribution >= 0.6 is 12.4 Å². The summed E-state index contributed by atoms with van der Waals surface area (Å²) in [6.45, 7) is 1.91. The smallest absolute Gasteiger partial charge is 0.320 e. The molecule has 0 aliphatic carbocycles. The molecule has 0 fully saturated rings. The number of benzene rings is 1. The van der Waals surface area contributed by atoms with Gasteiger partial charge in [0.15, 0.2) is 0 Å². The van der Waals surface area contributed by atoms with Crippen LogP contribution in [-0.2, 0) is 11.3 Å². The van der Waals surface area contributed by atoms with Gasteiger partial charge in [-0.15, -0.1) is 12.4 Å². The van der Waals surface area contributed by atoms with Gasteiger partial charge < -0.3 is 9.63 Å². The first-order valence-corrected chi connectivity index (χ1v) is 5.89. The number of nitrogens with zero attached hydrogens (tertiary/aromatic N) is 3. The Balaban J connectivity index is 0.00000200. The second kappa shape index (κ2) is 7.02. The molecule has 1 aromatic carbocycles. The topological polar surface area (TPSA) is 79.5 Å². The van der Waals surface area contributed by atoms with Gasteiger partial charge in [0.05, 0.1) is 6.54 Å².